The molecule has 0 unspecified atom stereocenters. The third-order valence-electron chi connectivity index (χ3n) is 27.2. The molecular weight excluding hydrogens is 2040 g/mol. The smallest absolute Gasteiger partial charge is 0.850 e. The summed E-state index contributed by atoms with van der Waals surface area (Å²) >= 11 is 7.58. The van der Waals surface area contributed by atoms with Gasteiger partial charge in [-0.15, -0.1) is 54.4 Å². The van der Waals surface area contributed by atoms with E-state index in [0.29, 0.717) is 81.0 Å². The number of esters is 5. The summed E-state index contributed by atoms with van der Waals surface area (Å²) in [5.41, 5.74) is 4.19. The van der Waals surface area contributed by atoms with E-state index in [9.17, 15) is 56.1 Å². The minimum absolute atomic E-state index is 0. The number of nitrogens with zero attached hydrogens (tertiary/aromatic N) is 3. The van der Waals surface area contributed by atoms with Crippen LogP contribution < -0.4 is 50.6 Å². The molecule has 6 aliphatic carbocycles. The second-order valence-corrected chi connectivity index (χ2v) is 43.9. The molecule has 4 aliphatic heterocycles. The number of aliphatic hydroxyl groups is 2. The average Bonchev–Trinajstić information content (AvgIpc) is 1.63. The first-order valence-corrected chi connectivity index (χ1v) is 57.7. The molecule has 4 aromatic carbocycles. The van der Waals surface area contributed by atoms with Gasteiger partial charge in [-0.1, -0.05) is 250 Å². The molecule has 143 heavy (non-hydrogen) atoms. The molecule has 4 saturated heterocycles. The average molecular weight is 2230 g/mol. The normalized spacial score (nSPS) is 24.5. The Labute approximate surface area is 923 Å². The molecule has 14 rings (SSSR count). The van der Waals surface area contributed by atoms with Crippen molar-refractivity contribution < 1.29 is 118 Å². The third-order valence-corrected chi connectivity index (χ3v) is 28.2. The molecule has 0 radical (unpaired) electrons. The number of aliphatic hydroxyl groups excluding tert-OH is 2. The number of rotatable bonds is 28. The Balaban J connectivity index is -0.00000158. The molecule has 4 aromatic rings. The quantitative estimate of drug-likeness (QED) is 0.00881. The summed E-state index contributed by atoms with van der Waals surface area (Å²) in [7, 11) is -2.18. The van der Waals surface area contributed by atoms with Crippen LogP contribution in [0.1, 0.15) is 337 Å². The molecule has 34 heteroatoms. The number of halogens is 6. The van der Waals surface area contributed by atoms with Gasteiger partial charge in [0.05, 0.1) is 65.2 Å². The maximum Gasteiger partial charge on any atom is 1.00 e. The number of carbonyl (C=O) groups excluding carboxylic acids is 5. The fourth-order valence-corrected chi connectivity index (χ4v) is 21.4. The van der Waals surface area contributed by atoms with Crippen molar-refractivity contribution in [3.8, 4) is 0 Å². The molecule has 0 spiro atoms. The Morgan fingerprint density at radius 2 is 0.867 bits per heavy atom. The predicted octanol–water partition coefficient (Wildman–Crippen LogP) is 19.0. The zero-order chi connectivity index (χ0) is 101. The summed E-state index contributed by atoms with van der Waals surface area (Å²) in [5, 5.41) is 40.3. The van der Waals surface area contributed by atoms with Crippen molar-refractivity contribution in [1.29, 1.82) is 0 Å². The number of ether oxygens (including phenoxy) is 6. The van der Waals surface area contributed by atoms with Crippen LogP contribution in [0.4, 0.5) is 0 Å². The molecule has 0 aromatic heterocycles. The van der Waals surface area contributed by atoms with Crippen LogP contribution in [0.3, 0.4) is 0 Å². The van der Waals surface area contributed by atoms with Gasteiger partial charge in [0.2, 0.25) is 9.05 Å². The maximum absolute atomic E-state index is 12.5. The molecule has 6 saturated carbocycles. The fraction of sp³-hybridized carbons (Fsp3) is 0.734. The minimum atomic E-state index is -3.49. The predicted molar refractivity (Wildman–Crippen MR) is 589 cm³/mol. The van der Waals surface area contributed by atoms with Crippen LogP contribution in [0.25, 0.3) is 0 Å². The minimum Gasteiger partial charge on any atom is -0.850 e. The van der Waals surface area contributed by atoms with E-state index in [1.54, 1.807) is 34.6 Å². The van der Waals surface area contributed by atoms with Gasteiger partial charge >= 0.3 is 59.4 Å². The number of nitrogens with one attached hydrogen (secondary N) is 3. The summed E-state index contributed by atoms with van der Waals surface area (Å²) in [5.74, 6) is 2.43. The van der Waals surface area contributed by atoms with E-state index in [4.69, 9.17) is 27.9 Å². The van der Waals surface area contributed by atoms with Gasteiger partial charge in [0.1, 0.15) is 17.4 Å². The van der Waals surface area contributed by atoms with Crippen molar-refractivity contribution in [3.63, 3.8) is 0 Å². The number of hydrogen-bond acceptors (Lipinski definition) is 25. The number of benzene rings is 4. The topological polar surface area (TPSA) is 328 Å². The molecule has 4 heterocycles. The molecule has 10 fully saturated rings. The van der Waals surface area contributed by atoms with E-state index in [2.05, 4.69) is 169 Å². The van der Waals surface area contributed by atoms with Crippen LogP contribution in [0, 0.1) is 35.5 Å². The van der Waals surface area contributed by atoms with Crippen LogP contribution in [-0.2, 0) is 75.7 Å². The summed E-state index contributed by atoms with van der Waals surface area (Å²) in [6.45, 7) is 30.3. The van der Waals surface area contributed by atoms with Gasteiger partial charge in [0.15, 0.2) is 0 Å². The Hall–Kier alpha value is -3.38. The summed E-state index contributed by atoms with van der Waals surface area (Å²) < 4.78 is 77.0. The van der Waals surface area contributed by atoms with Crippen LogP contribution in [0.5, 0.6) is 0 Å². The first kappa shape index (κ1) is 144. The molecule has 0 amide bonds. The number of fused-ring (bicyclic) bond motifs is 3. The zero-order valence-electron chi connectivity index (χ0n) is 88.1. The van der Waals surface area contributed by atoms with E-state index < -0.39 is 24.8 Å². The van der Waals surface area contributed by atoms with Crippen molar-refractivity contribution in [2.24, 2.45) is 35.5 Å². The first-order chi connectivity index (χ1) is 65.5. The van der Waals surface area contributed by atoms with Crippen LogP contribution in [-0.4, -0.2) is 235 Å². The molecule has 822 valence electrons. The number of hydrogen-bond donors (Lipinski definition) is 5. The van der Waals surface area contributed by atoms with Gasteiger partial charge in [-0.3, -0.25) is 42.9 Å². The van der Waals surface area contributed by atoms with E-state index in [0.717, 1.165) is 126 Å². The van der Waals surface area contributed by atoms with Gasteiger partial charge < -0.3 is 59.7 Å². The van der Waals surface area contributed by atoms with Crippen molar-refractivity contribution in [3.05, 3.63) is 144 Å². The number of alkyl halides is 2. The van der Waals surface area contributed by atoms with E-state index in [1.807, 2.05) is 81.4 Å². The van der Waals surface area contributed by atoms with E-state index in [-0.39, 0.29) is 192 Å². The molecule has 25 nitrogen and oxygen atoms in total. The molecule has 10 aliphatic rings. The van der Waals surface area contributed by atoms with Crippen LogP contribution in [0.2, 0.25) is 0 Å². The van der Waals surface area contributed by atoms with Crippen LogP contribution in [0.15, 0.2) is 121 Å². The summed E-state index contributed by atoms with van der Waals surface area (Å²) in [6, 6.07) is 45.6. The van der Waals surface area contributed by atoms with Crippen molar-refractivity contribution >= 4 is 124 Å². The van der Waals surface area contributed by atoms with Crippen molar-refractivity contribution in [1.82, 2.24) is 30.7 Å². The van der Waals surface area contributed by atoms with Gasteiger partial charge in [-0.05, 0) is 236 Å². The number of carbonyl (C=O) groups is 5. The standard InChI is InChI=1S/C20H31NO5S.C19H29NO3.C19H27NO2.C15H23NO.C11H19NO2.C9H17N.C4H7BrO2.C4H8O.C4H9O.CH3ClO2S.CH3Cl.2CH4.3ClH.Na/c1-4-25-20(22)14-21(16(2)17-10-6-5-7-11-17)19-13-9-8-12-18(19)15-26-27(3,23)24;1-3-23-19(22)13-20(15(2)16-9-5-4-6-10-16)18-12-8-7-11-17(18)14-21;1-3-22-19(21)18-13-16-11-7-8-12-17(16)20(18)14(2)15-9-5-4-6-10-15;1-12(13-7-3-2-4-8-13)16-15-10-6-5-9-14(15)11-17;1-2-14-11(13)10-7-8-5-3-4-6-9(8)12-10;1-7-6-8-4-2-3-5-9(8)10-7;1-2-7-4(6)3-5;1-2-4-5-3-1;1-4(2,3)5;1-5(2,3)4;1-2;;;;;;/h5-7,10-11,16,18-19H,4,8-9,12-15H2,1-3H3;4-6,9-10,15,17-18,21H,3,7-8,11-14H2,1-2H3;4-6,9-10,14,16-18H,3,7-8,11-13H2,1-2H3;2-4,7-8,12,14-17H,5-6,9-11H2,1H3;8-10,12H,2-7H2,1H3;7-10H,2-6H2,1H3;2-3H2,1H3;1-4H2;1-3H3;1H3;1H3;2*1H4;3*1H;/q;;;;;;;;-1;;;;;;;;+1/t16-,18+,19-;15-,17+,18-;14-,16+,17-,18-;12-,14+,15-;8-,9+,10+;7-,8-,9+;;;;;;;;;;;/m000011.........../s1. The zero-order valence-corrected chi connectivity index (χ0v) is 97.2. The Kier molecular flexibility index (Phi) is 81.8. The van der Waals surface area contributed by atoms with Gasteiger partial charge in [0, 0.05) is 110 Å². The van der Waals surface area contributed by atoms with E-state index in [1.165, 1.54) is 139 Å². The van der Waals surface area contributed by atoms with Crippen molar-refractivity contribution in [2.45, 2.75) is 375 Å². The Morgan fingerprint density at radius 1 is 0.503 bits per heavy atom. The number of likely N-dealkylation sites (tertiary alicyclic amines) is 1. The monoisotopic (exact) mass is 2230 g/mol. The Bertz CT molecular complexity index is 4080. The third kappa shape index (κ3) is 58.3. The van der Waals surface area contributed by atoms with Crippen molar-refractivity contribution in [2.75, 3.05) is 103 Å². The second-order valence-electron chi connectivity index (χ2n) is 38.7. The maximum atomic E-state index is 12.5. The summed E-state index contributed by atoms with van der Waals surface area (Å²) in [6.07, 6.45) is 38.7. The summed E-state index contributed by atoms with van der Waals surface area (Å²) in [4.78, 5) is 65.3. The first-order valence-electron chi connectivity index (χ1n) is 51.2. The second kappa shape index (κ2) is 81.4. The van der Waals surface area contributed by atoms with E-state index >= 15 is 0 Å². The SMILES string of the molecule is C.C.C1CCOC1.CC(C)(C)[O-].CCOC(=O)CBr.CCOC(=O)CN([C@@H](C)c1ccccc1)[C@H]1CCCC[C@@H]1CO.CCOC(=O)CN([C@@H](C)c1ccccc1)[C@H]1CCCC[C@@H]1COS(C)(=O)=O.CCOC(=O)[C@@H]1C[C@H]2CCCC[C@@H]2N1.CCOC(=O)[C@@H]1C[C@H]2CCCC[C@@H]2N1[C@@H](C)c1ccccc1.CCl.CS(=O)(=O)Cl.C[C@@H]1C[C@H]2CCCC[C@@H]2N1.C[C@H](N[C@H]1CCCC[C@@H]1CO)c1ccccc1.Cl.Cl.Cl.[Na+]. The van der Waals surface area contributed by atoms with Gasteiger partial charge in [0.25, 0.3) is 10.1 Å². The van der Waals surface area contributed by atoms with Gasteiger partial charge in [-0.2, -0.15) is 8.42 Å². The molecular formula is C109H187BrCl5N6NaO19S2. The largest absolute Gasteiger partial charge is 1.00 e. The molecule has 5 N–H and O–H groups in total. The Morgan fingerprint density at radius 3 is 1.27 bits per heavy atom. The van der Waals surface area contributed by atoms with Crippen LogP contribution >= 0.6 is 75.4 Å². The molecule has 0 bridgehead atoms. The fourth-order valence-electron chi connectivity index (χ4n) is 20.8. The van der Waals surface area contributed by atoms with Gasteiger partial charge in [-0.25, -0.2) is 8.42 Å². The molecule has 19 atom stereocenters.